The first kappa shape index (κ1) is 20.8. The molecule has 0 bridgehead atoms. The number of nitrogens with one attached hydrogen (secondary N) is 2. The second-order valence-electron chi connectivity index (χ2n) is 8.60. The molecule has 2 N–H and O–H groups in total. The second-order valence-corrected chi connectivity index (χ2v) is 8.60. The summed E-state index contributed by atoms with van der Waals surface area (Å²) in [6.07, 6.45) is 3.81. The number of aromatic nitrogens is 5. The Balaban J connectivity index is 1.43. The van der Waals surface area contributed by atoms with Crippen molar-refractivity contribution in [2.75, 3.05) is 12.4 Å². The lowest BCUT2D eigenvalue weighted by Crippen LogP contribution is -2.38. The molecule has 0 spiro atoms. The summed E-state index contributed by atoms with van der Waals surface area (Å²) in [5, 5.41) is 14.7. The van der Waals surface area contributed by atoms with Gasteiger partial charge in [0.25, 0.3) is 0 Å². The second kappa shape index (κ2) is 8.37. The van der Waals surface area contributed by atoms with Crippen LogP contribution in [0.15, 0.2) is 30.5 Å². The lowest BCUT2D eigenvalue weighted by molar-refractivity contribution is 0.0505. The molecule has 0 unspecified atom stereocenters. The molecular formula is C21H27N7O3. The maximum atomic E-state index is 12.0. The van der Waals surface area contributed by atoms with Crippen LogP contribution in [-0.2, 0) is 4.74 Å². The zero-order valence-electron chi connectivity index (χ0n) is 18.1. The van der Waals surface area contributed by atoms with Crippen molar-refractivity contribution in [1.82, 2.24) is 30.3 Å². The number of alkyl carbamates (subject to hydrolysis) is 1. The third-order valence-corrected chi connectivity index (χ3v) is 5.00. The molecule has 1 aliphatic carbocycles. The Kier molecular flexibility index (Phi) is 5.62. The van der Waals surface area contributed by atoms with Crippen LogP contribution in [0.3, 0.4) is 0 Å². The Hall–Kier alpha value is -3.43. The van der Waals surface area contributed by atoms with Gasteiger partial charge in [-0.3, -0.25) is 0 Å². The largest absolute Gasteiger partial charge is 0.497 e. The van der Waals surface area contributed by atoms with Gasteiger partial charge in [-0.2, -0.15) is 9.67 Å². The Morgan fingerprint density at radius 3 is 2.61 bits per heavy atom. The number of amides is 1. The number of hydrogen-bond acceptors (Lipinski definition) is 8. The van der Waals surface area contributed by atoms with E-state index in [2.05, 4.69) is 30.9 Å². The van der Waals surface area contributed by atoms with Crippen molar-refractivity contribution >= 4 is 23.2 Å². The first-order chi connectivity index (χ1) is 14.8. The Bertz CT molecular complexity index is 1060. The van der Waals surface area contributed by atoms with Crippen molar-refractivity contribution in [3.8, 4) is 11.4 Å². The number of rotatable bonds is 5. The van der Waals surface area contributed by atoms with E-state index in [1.807, 2.05) is 45.0 Å². The molecule has 10 heteroatoms. The number of anilines is 1. The van der Waals surface area contributed by atoms with Crippen LogP contribution in [0.1, 0.15) is 40.0 Å². The Labute approximate surface area is 180 Å². The van der Waals surface area contributed by atoms with E-state index >= 15 is 0 Å². The summed E-state index contributed by atoms with van der Waals surface area (Å²) in [5.41, 5.74) is 1.54. The molecule has 1 fully saturated rings. The van der Waals surface area contributed by atoms with Gasteiger partial charge in [0, 0.05) is 12.1 Å². The van der Waals surface area contributed by atoms with E-state index in [9.17, 15) is 4.79 Å². The lowest BCUT2D eigenvalue weighted by atomic mass is 10.2. The van der Waals surface area contributed by atoms with Crippen LogP contribution in [0.4, 0.5) is 10.7 Å². The number of benzene rings is 1. The molecule has 2 heterocycles. The van der Waals surface area contributed by atoms with Gasteiger partial charge in [0.05, 0.1) is 19.0 Å². The van der Waals surface area contributed by atoms with Crippen LogP contribution >= 0.6 is 0 Å². The molecular weight excluding hydrogens is 398 g/mol. The molecule has 0 radical (unpaired) electrons. The number of carbonyl (C=O) groups is 1. The first-order valence-corrected chi connectivity index (χ1v) is 10.3. The van der Waals surface area contributed by atoms with Crippen LogP contribution in [0.2, 0.25) is 0 Å². The van der Waals surface area contributed by atoms with Gasteiger partial charge in [0.2, 0.25) is 5.95 Å². The summed E-state index contributed by atoms with van der Waals surface area (Å²) in [6, 6.07) is 7.72. The van der Waals surface area contributed by atoms with Crippen molar-refractivity contribution in [3.63, 3.8) is 0 Å². The van der Waals surface area contributed by atoms with Crippen molar-refractivity contribution < 1.29 is 14.3 Å². The summed E-state index contributed by atoms with van der Waals surface area (Å²) < 4.78 is 12.2. The zero-order chi connectivity index (χ0) is 22.0. The van der Waals surface area contributed by atoms with Gasteiger partial charge in [0.1, 0.15) is 11.4 Å². The van der Waals surface area contributed by atoms with E-state index in [0.717, 1.165) is 30.7 Å². The molecule has 31 heavy (non-hydrogen) atoms. The maximum absolute atomic E-state index is 12.0. The van der Waals surface area contributed by atoms with Crippen molar-refractivity contribution in [3.05, 3.63) is 30.5 Å². The predicted octanol–water partition coefficient (Wildman–Crippen LogP) is 3.08. The van der Waals surface area contributed by atoms with Crippen molar-refractivity contribution in [2.45, 2.75) is 57.7 Å². The summed E-state index contributed by atoms with van der Waals surface area (Å²) in [7, 11) is 1.63. The van der Waals surface area contributed by atoms with E-state index in [1.165, 1.54) is 0 Å². The highest BCUT2D eigenvalue weighted by Crippen LogP contribution is 2.24. The lowest BCUT2D eigenvalue weighted by Gasteiger charge is -2.21. The smallest absolute Gasteiger partial charge is 0.407 e. The molecule has 1 amide bonds. The SMILES string of the molecule is COc1ccc(-n2nnc3cnc(N[C@H]4CC[C@@H](NC(=O)OC(C)(C)C)C4)nc32)cc1. The number of carbonyl (C=O) groups excluding carboxylic acids is 1. The van der Waals surface area contributed by atoms with Gasteiger partial charge < -0.3 is 20.1 Å². The summed E-state index contributed by atoms with van der Waals surface area (Å²) in [5.74, 6) is 1.27. The highest BCUT2D eigenvalue weighted by molar-refractivity contribution is 5.72. The fraction of sp³-hybridized carbons (Fsp3) is 0.476. The quantitative estimate of drug-likeness (QED) is 0.641. The molecule has 2 aromatic heterocycles. The fourth-order valence-corrected chi connectivity index (χ4v) is 3.60. The third-order valence-electron chi connectivity index (χ3n) is 5.00. The molecule has 0 saturated heterocycles. The Morgan fingerprint density at radius 1 is 1.16 bits per heavy atom. The first-order valence-electron chi connectivity index (χ1n) is 10.3. The maximum Gasteiger partial charge on any atom is 0.407 e. The standard InChI is InChI=1S/C21H27N7O3/c1-21(2,3)31-20(29)24-14-6-5-13(11-14)23-19-22-12-17-18(25-19)28(27-26-17)15-7-9-16(30-4)10-8-15/h7-10,12-14H,5-6,11H2,1-4H3,(H,24,29)(H,22,23,25)/t13-,14+/m0/s1. The van der Waals surface area contributed by atoms with E-state index in [-0.39, 0.29) is 18.2 Å². The molecule has 0 aliphatic heterocycles. The highest BCUT2D eigenvalue weighted by atomic mass is 16.6. The highest BCUT2D eigenvalue weighted by Gasteiger charge is 2.28. The molecule has 1 aromatic carbocycles. The molecule has 2 atom stereocenters. The fourth-order valence-electron chi connectivity index (χ4n) is 3.60. The minimum Gasteiger partial charge on any atom is -0.497 e. The van der Waals surface area contributed by atoms with Crippen molar-refractivity contribution in [2.24, 2.45) is 0 Å². The van der Waals surface area contributed by atoms with Gasteiger partial charge in [-0.15, -0.1) is 5.10 Å². The van der Waals surface area contributed by atoms with Crippen molar-refractivity contribution in [1.29, 1.82) is 0 Å². The summed E-state index contributed by atoms with van der Waals surface area (Å²) >= 11 is 0. The van der Waals surface area contributed by atoms with E-state index in [0.29, 0.717) is 17.1 Å². The average molecular weight is 425 g/mol. The van der Waals surface area contributed by atoms with Crippen LogP contribution < -0.4 is 15.4 Å². The zero-order valence-corrected chi connectivity index (χ0v) is 18.1. The number of hydrogen-bond donors (Lipinski definition) is 2. The predicted molar refractivity (Wildman–Crippen MR) is 115 cm³/mol. The molecule has 3 aromatic rings. The number of fused-ring (bicyclic) bond motifs is 1. The van der Waals surface area contributed by atoms with Crippen LogP contribution in [-0.4, -0.2) is 55.8 Å². The molecule has 1 aliphatic rings. The molecule has 4 rings (SSSR count). The van der Waals surface area contributed by atoms with Gasteiger partial charge >= 0.3 is 6.09 Å². The molecule has 1 saturated carbocycles. The number of ether oxygens (including phenoxy) is 2. The molecule has 10 nitrogen and oxygen atoms in total. The van der Waals surface area contributed by atoms with Crippen LogP contribution in [0.25, 0.3) is 16.9 Å². The van der Waals surface area contributed by atoms with E-state index < -0.39 is 5.60 Å². The third kappa shape index (κ3) is 5.01. The average Bonchev–Trinajstić information content (AvgIpc) is 3.33. The van der Waals surface area contributed by atoms with Gasteiger partial charge in [-0.05, 0) is 64.3 Å². The van der Waals surface area contributed by atoms with Gasteiger partial charge in [-0.1, -0.05) is 5.21 Å². The van der Waals surface area contributed by atoms with Gasteiger partial charge in [0.15, 0.2) is 11.2 Å². The normalized spacial score (nSPS) is 18.7. The topological polar surface area (TPSA) is 116 Å². The van der Waals surface area contributed by atoms with Gasteiger partial charge in [-0.25, -0.2) is 9.78 Å². The molecule has 164 valence electrons. The monoisotopic (exact) mass is 425 g/mol. The summed E-state index contributed by atoms with van der Waals surface area (Å²) in [6.45, 7) is 5.56. The summed E-state index contributed by atoms with van der Waals surface area (Å²) in [4.78, 5) is 21.0. The Morgan fingerprint density at radius 2 is 1.90 bits per heavy atom. The number of nitrogens with zero attached hydrogens (tertiary/aromatic N) is 5. The minimum absolute atomic E-state index is 0.0579. The van der Waals surface area contributed by atoms with E-state index in [4.69, 9.17) is 9.47 Å². The van der Waals surface area contributed by atoms with E-state index in [1.54, 1.807) is 18.0 Å². The minimum atomic E-state index is -0.509. The van der Waals surface area contributed by atoms with Crippen LogP contribution in [0, 0.1) is 0 Å². The van der Waals surface area contributed by atoms with Crippen LogP contribution in [0.5, 0.6) is 5.75 Å². The number of methoxy groups -OCH3 is 1.